The normalized spacial score (nSPS) is 14.9. The van der Waals surface area contributed by atoms with E-state index in [2.05, 4.69) is 10.4 Å². The van der Waals surface area contributed by atoms with Crippen LogP contribution in [0.15, 0.2) is 6.20 Å². The summed E-state index contributed by atoms with van der Waals surface area (Å²) < 4.78 is 1.65. The van der Waals surface area contributed by atoms with Crippen molar-refractivity contribution in [3.8, 4) is 0 Å². The Balaban J connectivity index is 2.53. The summed E-state index contributed by atoms with van der Waals surface area (Å²) in [6.07, 6.45) is 3.44. The van der Waals surface area contributed by atoms with Gasteiger partial charge in [0.15, 0.2) is 5.82 Å². The van der Waals surface area contributed by atoms with Gasteiger partial charge < -0.3 is 16.2 Å². The van der Waals surface area contributed by atoms with Crippen molar-refractivity contribution in [2.24, 2.45) is 7.05 Å². The maximum atomic E-state index is 9.94. The van der Waals surface area contributed by atoms with Gasteiger partial charge in [0.1, 0.15) is 0 Å². The zero-order valence-electron chi connectivity index (χ0n) is 9.62. The molecule has 86 valence electrons. The Morgan fingerprint density at radius 2 is 2.33 bits per heavy atom. The van der Waals surface area contributed by atoms with Crippen LogP contribution < -0.4 is 11.1 Å². The second-order valence-corrected chi connectivity index (χ2v) is 4.21. The monoisotopic (exact) mass is 212 g/mol. The van der Waals surface area contributed by atoms with E-state index < -0.39 is 5.60 Å². The van der Waals surface area contributed by atoms with Crippen LogP contribution in [-0.4, -0.2) is 27.0 Å². The molecule has 0 aliphatic carbocycles. The molecule has 0 bridgehead atoms. The number of nitrogens with zero attached hydrogens (tertiary/aromatic N) is 2. The number of hydrogen-bond donors (Lipinski definition) is 3. The summed E-state index contributed by atoms with van der Waals surface area (Å²) in [5.41, 5.74) is 5.61. The molecule has 1 rings (SSSR count). The lowest BCUT2D eigenvalue weighted by Crippen LogP contribution is -2.33. The van der Waals surface area contributed by atoms with E-state index in [1.165, 1.54) is 0 Å². The molecule has 0 saturated carbocycles. The molecule has 0 fully saturated rings. The Hall–Kier alpha value is -1.23. The van der Waals surface area contributed by atoms with Crippen LogP contribution in [0.3, 0.4) is 0 Å². The van der Waals surface area contributed by atoms with Crippen molar-refractivity contribution in [3.05, 3.63) is 6.20 Å². The zero-order chi connectivity index (χ0) is 11.5. The van der Waals surface area contributed by atoms with Crippen LogP contribution in [0.5, 0.6) is 0 Å². The predicted octanol–water partition coefficient (Wildman–Crippen LogP) is 0.965. The molecule has 0 spiro atoms. The van der Waals surface area contributed by atoms with Gasteiger partial charge in [-0.3, -0.25) is 4.68 Å². The number of aromatic nitrogens is 2. The molecule has 1 unspecified atom stereocenters. The van der Waals surface area contributed by atoms with Crippen molar-refractivity contribution in [1.82, 2.24) is 9.78 Å². The van der Waals surface area contributed by atoms with Gasteiger partial charge in [0.25, 0.3) is 0 Å². The molecule has 5 heteroatoms. The summed E-state index contributed by atoms with van der Waals surface area (Å²) in [5.74, 6) is 0.633. The molecule has 5 nitrogen and oxygen atoms in total. The van der Waals surface area contributed by atoms with Gasteiger partial charge in [-0.15, -0.1) is 0 Å². The van der Waals surface area contributed by atoms with E-state index in [1.807, 2.05) is 20.9 Å². The molecule has 0 amide bonds. The highest BCUT2D eigenvalue weighted by atomic mass is 16.3. The summed E-state index contributed by atoms with van der Waals surface area (Å²) in [6, 6.07) is 0. The molecule has 0 radical (unpaired) electrons. The lowest BCUT2D eigenvalue weighted by Gasteiger charge is -2.22. The molecule has 4 N–H and O–H groups in total. The maximum Gasteiger partial charge on any atom is 0.171 e. The quantitative estimate of drug-likeness (QED) is 0.679. The lowest BCUT2D eigenvalue weighted by atomic mass is 10.0. The largest absolute Gasteiger partial charge is 0.394 e. The minimum Gasteiger partial charge on any atom is -0.394 e. The van der Waals surface area contributed by atoms with Crippen LogP contribution in [0.2, 0.25) is 0 Å². The average molecular weight is 212 g/mol. The minimum absolute atomic E-state index is 0.460. The number of nitrogen functional groups attached to an aromatic ring is 1. The van der Waals surface area contributed by atoms with Gasteiger partial charge in [-0.2, -0.15) is 5.10 Å². The van der Waals surface area contributed by atoms with Gasteiger partial charge in [0, 0.05) is 19.8 Å². The highest BCUT2D eigenvalue weighted by Crippen LogP contribution is 2.17. The van der Waals surface area contributed by atoms with Crippen LogP contribution >= 0.6 is 0 Å². The number of hydrogen-bond acceptors (Lipinski definition) is 4. The fourth-order valence-corrected chi connectivity index (χ4v) is 1.55. The predicted molar refractivity (Wildman–Crippen MR) is 61.6 cm³/mol. The van der Waals surface area contributed by atoms with Gasteiger partial charge in [0.2, 0.25) is 0 Å². The van der Waals surface area contributed by atoms with Gasteiger partial charge in [-0.05, 0) is 13.3 Å². The third-order valence-corrected chi connectivity index (χ3v) is 2.28. The Morgan fingerprint density at radius 3 is 2.80 bits per heavy atom. The molecule has 0 aliphatic heterocycles. The Kier molecular flexibility index (Phi) is 3.57. The molecular formula is C10H20N4O. The van der Waals surface area contributed by atoms with Crippen molar-refractivity contribution in [1.29, 1.82) is 0 Å². The molecule has 1 aromatic rings. The van der Waals surface area contributed by atoms with Gasteiger partial charge in [0.05, 0.1) is 11.3 Å². The second-order valence-electron chi connectivity index (χ2n) is 4.21. The molecule has 0 aliphatic rings. The first-order valence-electron chi connectivity index (χ1n) is 5.20. The molecule has 0 saturated heterocycles. The van der Waals surface area contributed by atoms with E-state index in [9.17, 15) is 5.11 Å². The van der Waals surface area contributed by atoms with Crippen LogP contribution in [0.4, 0.5) is 11.5 Å². The first-order chi connectivity index (χ1) is 6.94. The average Bonchev–Trinajstić information content (AvgIpc) is 2.42. The number of aliphatic hydroxyl groups is 1. The topological polar surface area (TPSA) is 76.1 Å². The Labute approximate surface area is 90.3 Å². The first kappa shape index (κ1) is 11.8. The number of rotatable bonds is 5. The summed E-state index contributed by atoms with van der Waals surface area (Å²) in [4.78, 5) is 0. The number of anilines is 2. The number of aryl methyl sites for hydroxylation is 1. The van der Waals surface area contributed by atoms with E-state index in [0.29, 0.717) is 18.1 Å². The number of nitrogens with one attached hydrogen (secondary N) is 1. The van der Waals surface area contributed by atoms with Crippen molar-refractivity contribution >= 4 is 11.5 Å². The molecule has 1 atom stereocenters. The van der Waals surface area contributed by atoms with Crippen LogP contribution in [0.25, 0.3) is 0 Å². The van der Waals surface area contributed by atoms with Crippen LogP contribution in [-0.2, 0) is 7.05 Å². The lowest BCUT2D eigenvalue weighted by molar-refractivity contribution is 0.0636. The van der Waals surface area contributed by atoms with E-state index in [1.54, 1.807) is 10.9 Å². The Morgan fingerprint density at radius 1 is 1.67 bits per heavy atom. The summed E-state index contributed by atoms with van der Waals surface area (Å²) in [7, 11) is 1.81. The minimum atomic E-state index is -0.710. The van der Waals surface area contributed by atoms with Crippen LogP contribution in [0.1, 0.15) is 26.7 Å². The molecule has 0 aromatic carbocycles. The highest BCUT2D eigenvalue weighted by Gasteiger charge is 2.19. The van der Waals surface area contributed by atoms with Gasteiger partial charge >= 0.3 is 0 Å². The third-order valence-electron chi connectivity index (χ3n) is 2.28. The first-order valence-corrected chi connectivity index (χ1v) is 5.20. The number of nitrogens with two attached hydrogens (primary N) is 1. The van der Waals surface area contributed by atoms with Gasteiger partial charge in [-0.1, -0.05) is 13.3 Å². The van der Waals surface area contributed by atoms with E-state index in [-0.39, 0.29) is 0 Å². The van der Waals surface area contributed by atoms with Gasteiger partial charge in [-0.25, -0.2) is 0 Å². The zero-order valence-corrected chi connectivity index (χ0v) is 9.62. The summed E-state index contributed by atoms with van der Waals surface area (Å²) >= 11 is 0. The maximum absolute atomic E-state index is 9.94. The standard InChI is InChI=1S/C10H20N4O/c1-4-5-10(2,15)7-12-9-8(11)6-14(3)13-9/h6,15H,4-5,7,11H2,1-3H3,(H,12,13). The van der Waals surface area contributed by atoms with E-state index in [0.717, 1.165) is 12.8 Å². The fraction of sp³-hybridized carbons (Fsp3) is 0.700. The molecule has 1 heterocycles. The van der Waals surface area contributed by atoms with E-state index in [4.69, 9.17) is 5.73 Å². The summed E-state index contributed by atoms with van der Waals surface area (Å²) in [6.45, 7) is 4.31. The van der Waals surface area contributed by atoms with Crippen LogP contribution in [0, 0.1) is 0 Å². The van der Waals surface area contributed by atoms with Crippen molar-refractivity contribution in [2.45, 2.75) is 32.3 Å². The Bertz CT molecular complexity index is 319. The SMILES string of the molecule is CCCC(C)(O)CNc1nn(C)cc1N. The highest BCUT2D eigenvalue weighted by molar-refractivity contribution is 5.59. The van der Waals surface area contributed by atoms with E-state index >= 15 is 0 Å². The molecule has 1 aromatic heterocycles. The smallest absolute Gasteiger partial charge is 0.171 e. The fourth-order valence-electron chi connectivity index (χ4n) is 1.55. The van der Waals surface area contributed by atoms with Crippen molar-refractivity contribution in [2.75, 3.05) is 17.6 Å². The molecular weight excluding hydrogens is 192 g/mol. The summed E-state index contributed by atoms with van der Waals surface area (Å²) in [5, 5.41) is 17.1. The second kappa shape index (κ2) is 4.53. The third kappa shape index (κ3) is 3.43. The van der Waals surface area contributed by atoms with Crippen molar-refractivity contribution in [3.63, 3.8) is 0 Å². The van der Waals surface area contributed by atoms with Crippen molar-refractivity contribution < 1.29 is 5.11 Å². The molecule has 15 heavy (non-hydrogen) atoms.